The van der Waals surface area contributed by atoms with Crippen molar-refractivity contribution in [1.82, 2.24) is 4.98 Å². The molecule has 0 radical (unpaired) electrons. The van der Waals surface area contributed by atoms with Gasteiger partial charge in [-0.15, -0.1) is 28.6 Å². The minimum atomic E-state index is -2.85. The van der Waals surface area contributed by atoms with Gasteiger partial charge in [0.25, 0.3) is 0 Å². The smallest absolute Gasteiger partial charge is 0.150 e. The van der Waals surface area contributed by atoms with E-state index in [-0.39, 0.29) is 17.5 Å². The molecule has 1 aliphatic rings. The van der Waals surface area contributed by atoms with Crippen LogP contribution in [0.25, 0.3) is 21.3 Å². The van der Waals surface area contributed by atoms with Gasteiger partial charge in [-0.2, -0.15) is 0 Å². The summed E-state index contributed by atoms with van der Waals surface area (Å²) in [6.45, 7) is 1.84. The van der Waals surface area contributed by atoms with Crippen LogP contribution in [0.15, 0.2) is 29.1 Å². The molecule has 0 saturated carbocycles. The molecular formula is C19H18N2O2S3. The zero-order valence-electron chi connectivity index (χ0n) is 14.3. The normalized spacial score (nSPS) is 17.0. The number of rotatable bonds is 3. The van der Waals surface area contributed by atoms with Crippen LogP contribution in [-0.4, -0.2) is 30.9 Å². The van der Waals surface area contributed by atoms with E-state index >= 15 is 0 Å². The fraction of sp³-hybridized carbons (Fsp3) is 0.316. The van der Waals surface area contributed by atoms with Gasteiger partial charge in [-0.1, -0.05) is 18.1 Å². The summed E-state index contributed by atoms with van der Waals surface area (Å²) in [6.07, 6.45) is 1.31. The van der Waals surface area contributed by atoms with E-state index in [1.807, 2.05) is 18.5 Å². The minimum Gasteiger partial charge on any atom is -0.381 e. The van der Waals surface area contributed by atoms with E-state index in [0.29, 0.717) is 12.8 Å². The summed E-state index contributed by atoms with van der Waals surface area (Å²) in [5.74, 6) is 6.76. The summed E-state index contributed by atoms with van der Waals surface area (Å²) < 4.78 is 24.5. The Bertz CT molecular complexity index is 1090. The lowest BCUT2D eigenvalue weighted by atomic mass is 10.1. The van der Waals surface area contributed by atoms with Gasteiger partial charge in [0.05, 0.1) is 38.0 Å². The SMILES string of the molecule is CC#Cc1sc2c(NC3CCS(=O)(=O)CC3)cccc2c1-c1cscn1. The largest absolute Gasteiger partial charge is 0.381 e. The van der Waals surface area contributed by atoms with E-state index in [1.165, 1.54) is 0 Å². The highest BCUT2D eigenvalue weighted by atomic mass is 32.2. The van der Waals surface area contributed by atoms with Crippen LogP contribution >= 0.6 is 22.7 Å². The molecule has 0 bridgehead atoms. The van der Waals surface area contributed by atoms with Crippen molar-refractivity contribution in [1.29, 1.82) is 0 Å². The van der Waals surface area contributed by atoms with Crippen LogP contribution in [0.1, 0.15) is 24.6 Å². The van der Waals surface area contributed by atoms with Gasteiger partial charge in [-0.05, 0) is 25.8 Å². The Balaban J connectivity index is 1.75. The Morgan fingerprint density at radius 3 is 2.77 bits per heavy atom. The standard InChI is InChI=1S/C19H18N2O2S3/c1-2-4-17-18(16-11-24-12-20-16)14-5-3-6-15(19(14)25-17)21-13-7-9-26(22,23)10-8-13/h3,5-6,11-13,21H,7-10H2,1H3. The Morgan fingerprint density at radius 1 is 1.27 bits per heavy atom. The molecule has 4 rings (SSSR count). The molecule has 3 aromatic rings. The number of nitrogens with zero attached hydrogens (tertiary/aromatic N) is 1. The molecule has 1 N–H and O–H groups in total. The second kappa shape index (κ2) is 7.03. The van der Waals surface area contributed by atoms with E-state index < -0.39 is 9.84 Å². The molecule has 134 valence electrons. The highest BCUT2D eigenvalue weighted by Crippen LogP contribution is 2.42. The molecular weight excluding hydrogens is 384 g/mol. The first-order valence-electron chi connectivity index (χ1n) is 8.41. The number of anilines is 1. The lowest BCUT2D eigenvalue weighted by molar-refractivity contribution is 0.560. The summed E-state index contributed by atoms with van der Waals surface area (Å²) in [4.78, 5) is 5.51. The number of thiazole rings is 1. The Morgan fingerprint density at radius 2 is 2.08 bits per heavy atom. The number of sulfone groups is 1. The molecule has 0 atom stereocenters. The van der Waals surface area contributed by atoms with E-state index in [9.17, 15) is 8.42 Å². The van der Waals surface area contributed by atoms with Crippen LogP contribution in [0, 0.1) is 11.8 Å². The molecule has 2 aromatic heterocycles. The van der Waals surface area contributed by atoms with Crippen molar-refractivity contribution < 1.29 is 8.42 Å². The van der Waals surface area contributed by atoms with Gasteiger partial charge in [0.15, 0.2) is 0 Å². The van der Waals surface area contributed by atoms with Gasteiger partial charge in [0.1, 0.15) is 9.84 Å². The van der Waals surface area contributed by atoms with E-state index in [4.69, 9.17) is 0 Å². The highest BCUT2D eigenvalue weighted by Gasteiger charge is 2.24. The third-order valence-electron chi connectivity index (χ3n) is 4.56. The van der Waals surface area contributed by atoms with E-state index in [0.717, 1.165) is 31.9 Å². The maximum Gasteiger partial charge on any atom is 0.150 e. The Hall–Kier alpha value is -1.88. The molecule has 0 amide bonds. The first-order valence-corrected chi connectivity index (χ1v) is 12.0. The third kappa shape index (κ3) is 3.37. The molecule has 0 aliphatic carbocycles. The van der Waals surface area contributed by atoms with Crippen LogP contribution in [0.2, 0.25) is 0 Å². The molecule has 7 heteroatoms. The van der Waals surface area contributed by atoms with E-state index in [1.54, 1.807) is 22.7 Å². The molecule has 26 heavy (non-hydrogen) atoms. The summed E-state index contributed by atoms with van der Waals surface area (Å²) >= 11 is 3.25. The summed E-state index contributed by atoms with van der Waals surface area (Å²) in [7, 11) is -2.85. The average molecular weight is 403 g/mol. The predicted molar refractivity (Wildman–Crippen MR) is 111 cm³/mol. The number of nitrogens with one attached hydrogen (secondary N) is 1. The highest BCUT2D eigenvalue weighted by molar-refractivity contribution is 7.91. The predicted octanol–water partition coefficient (Wildman–Crippen LogP) is 4.39. The van der Waals surface area contributed by atoms with Gasteiger partial charge in [-0.25, -0.2) is 13.4 Å². The number of hydrogen-bond acceptors (Lipinski definition) is 6. The van der Waals surface area contributed by atoms with Crippen molar-refractivity contribution in [2.24, 2.45) is 0 Å². The summed E-state index contributed by atoms with van der Waals surface area (Å²) in [6, 6.07) is 6.40. The van der Waals surface area contributed by atoms with Crippen LogP contribution in [-0.2, 0) is 9.84 Å². The molecule has 4 nitrogen and oxygen atoms in total. The number of thiophene rings is 1. The monoisotopic (exact) mass is 402 g/mol. The molecule has 3 heterocycles. The zero-order chi connectivity index (χ0) is 18.1. The van der Waals surface area contributed by atoms with Gasteiger partial charge < -0.3 is 5.32 Å². The van der Waals surface area contributed by atoms with E-state index in [2.05, 4.69) is 39.7 Å². The quantitative estimate of drug-likeness (QED) is 0.660. The molecule has 1 saturated heterocycles. The number of aromatic nitrogens is 1. The average Bonchev–Trinajstić information content (AvgIpc) is 3.24. The first kappa shape index (κ1) is 17.5. The van der Waals surface area contributed by atoms with Gasteiger partial charge in [-0.3, -0.25) is 0 Å². The molecule has 0 spiro atoms. The van der Waals surface area contributed by atoms with Gasteiger partial charge >= 0.3 is 0 Å². The zero-order valence-corrected chi connectivity index (χ0v) is 16.7. The van der Waals surface area contributed by atoms with Gasteiger partial charge in [0.2, 0.25) is 0 Å². The fourth-order valence-electron chi connectivity index (χ4n) is 3.28. The van der Waals surface area contributed by atoms with Crippen molar-refractivity contribution in [3.63, 3.8) is 0 Å². The Kier molecular flexibility index (Phi) is 4.74. The van der Waals surface area contributed by atoms with Crippen LogP contribution in [0.5, 0.6) is 0 Å². The van der Waals surface area contributed by atoms with Crippen molar-refractivity contribution in [3.05, 3.63) is 34.0 Å². The topological polar surface area (TPSA) is 59.1 Å². The van der Waals surface area contributed by atoms with Crippen molar-refractivity contribution in [3.8, 4) is 23.1 Å². The maximum absolute atomic E-state index is 11.7. The Labute approximate surface area is 161 Å². The maximum atomic E-state index is 11.7. The van der Waals surface area contributed by atoms with Crippen molar-refractivity contribution >= 4 is 48.3 Å². The second-order valence-corrected chi connectivity index (χ2v) is 10.4. The van der Waals surface area contributed by atoms with Crippen LogP contribution in [0.3, 0.4) is 0 Å². The van der Waals surface area contributed by atoms with Gasteiger partial charge in [0, 0.05) is 22.4 Å². The van der Waals surface area contributed by atoms with Crippen molar-refractivity contribution in [2.45, 2.75) is 25.8 Å². The second-order valence-electron chi connectivity index (χ2n) is 6.31. The van der Waals surface area contributed by atoms with Crippen LogP contribution < -0.4 is 5.32 Å². The molecule has 1 aliphatic heterocycles. The number of benzene rings is 1. The first-order chi connectivity index (χ1) is 12.6. The van der Waals surface area contributed by atoms with Crippen LogP contribution in [0.4, 0.5) is 5.69 Å². The third-order valence-corrected chi connectivity index (χ3v) is 8.01. The number of hydrogen-bond donors (Lipinski definition) is 1. The summed E-state index contributed by atoms with van der Waals surface area (Å²) in [5, 5.41) is 6.77. The minimum absolute atomic E-state index is 0.189. The van der Waals surface area contributed by atoms with Crippen molar-refractivity contribution in [2.75, 3.05) is 16.8 Å². The number of fused-ring (bicyclic) bond motifs is 1. The lowest BCUT2D eigenvalue weighted by Gasteiger charge is -2.24. The fourth-order valence-corrected chi connectivity index (χ4v) is 6.50. The summed E-state index contributed by atoms with van der Waals surface area (Å²) in [5.41, 5.74) is 4.94. The molecule has 1 aromatic carbocycles. The molecule has 0 unspecified atom stereocenters. The molecule has 1 fully saturated rings. The lowest BCUT2D eigenvalue weighted by Crippen LogP contribution is -2.32.